The molecule has 0 heterocycles. The van der Waals surface area contributed by atoms with Crippen LogP contribution in [0.3, 0.4) is 0 Å². The van der Waals surface area contributed by atoms with Crippen molar-refractivity contribution in [3.63, 3.8) is 0 Å². The zero-order valence-corrected chi connectivity index (χ0v) is 27.1. The first-order valence-corrected chi connectivity index (χ1v) is 18.2. The van der Waals surface area contributed by atoms with E-state index in [-0.39, 0.29) is 0 Å². The average molecular weight is 521 g/mol. The summed E-state index contributed by atoms with van der Waals surface area (Å²) < 4.78 is 0. The standard InChI is InChI=1S/C37H76/c1-5-7-9-11-13-15-16-18-21-25-29-33-37(4)35-31-27-23-19-22-26-30-34-36(3)32-28-24-20-17-14-12-10-8-6-2/h36-37H,5-35H2,1-4H3/t36-,37-/m0/s1. The maximum atomic E-state index is 2.51. The molecule has 0 saturated carbocycles. The molecule has 0 aromatic carbocycles. The zero-order valence-electron chi connectivity index (χ0n) is 27.1. The Morgan fingerprint density at radius 2 is 0.405 bits per heavy atom. The van der Waals surface area contributed by atoms with E-state index < -0.39 is 0 Å². The summed E-state index contributed by atoms with van der Waals surface area (Å²) in [5.74, 6) is 1.93. The van der Waals surface area contributed by atoms with Crippen molar-refractivity contribution in [3.8, 4) is 0 Å². The molecule has 224 valence electrons. The number of hydrogen-bond acceptors (Lipinski definition) is 0. The van der Waals surface area contributed by atoms with Crippen LogP contribution < -0.4 is 0 Å². The third kappa shape index (κ3) is 32.1. The summed E-state index contributed by atoms with van der Waals surface area (Å²) in [6.45, 7) is 9.63. The first kappa shape index (κ1) is 37.0. The number of unbranched alkanes of at least 4 members (excludes halogenated alkanes) is 24. The molecule has 0 aromatic heterocycles. The van der Waals surface area contributed by atoms with Crippen molar-refractivity contribution in [1.29, 1.82) is 0 Å². The lowest BCUT2D eigenvalue weighted by Crippen LogP contribution is -1.96. The van der Waals surface area contributed by atoms with E-state index in [1.165, 1.54) is 199 Å². The van der Waals surface area contributed by atoms with Crippen LogP contribution in [0.1, 0.15) is 227 Å². The first-order chi connectivity index (χ1) is 18.2. The Balaban J connectivity index is 3.23. The van der Waals surface area contributed by atoms with Crippen molar-refractivity contribution in [1.82, 2.24) is 0 Å². The van der Waals surface area contributed by atoms with E-state index in [1.807, 2.05) is 0 Å². The molecule has 0 saturated heterocycles. The van der Waals surface area contributed by atoms with Crippen LogP contribution in [0.15, 0.2) is 0 Å². The van der Waals surface area contributed by atoms with Crippen molar-refractivity contribution in [2.24, 2.45) is 11.8 Å². The van der Waals surface area contributed by atoms with Crippen molar-refractivity contribution in [3.05, 3.63) is 0 Å². The van der Waals surface area contributed by atoms with Gasteiger partial charge in [-0.2, -0.15) is 0 Å². The van der Waals surface area contributed by atoms with E-state index in [4.69, 9.17) is 0 Å². The van der Waals surface area contributed by atoms with Crippen LogP contribution in [-0.2, 0) is 0 Å². The van der Waals surface area contributed by atoms with Gasteiger partial charge in [0.05, 0.1) is 0 Å². The topological polar surface area (TPSA) is 0 Å². The summed E-state index contributed by atoms with van der Waals surface area (Å²) in [5, 5.41) is 0. The van der Waals surface area contributed by atoms with Gasteiger partial charge in [-0.15, -0.1) is 0 Å². The van der Waals surface area contributed by atoms with Gasteiger partial charge < -0.3 is 0 Å². The highest BCUT2D eigenvalue weighted by atomic mass is 14.1. The lowest BCUT2D eigenvalue weighted by molar-refractivity contribution is 0.421. The van der Waals surface area contributed by atoms with E-state index in [0.29, 0.717) is 0 Å². The van der Waals surface area contributed by atoms with E-state index in [9.17, 15) is 0 Å². The van der Waals surface area contributed by atoms with Gasteiger partial charge in [-0.25, -0.2) is 0 Å². The van der Waals surface area contributed by atoms with Crippen LogP contribution >= 0.6 is 0 Å². The molecular formula is C37H76. The molecule has 0 amide bonds. The van der Waals surface area contributed by atoms with Gasteiger partial charge in [0.25, 0.3) is 0 Å². The Bertz CT molecular complexity index is 385. The van der Waals surface area contributed by atoms with Crippen LogP contribution in [0.4, 0.5) is 0 Å². The maximum Gasteiger partial charge on any atom is -0.0443 e. The molecule has 0 unspecified atom stereocenters. The third-order valence-electron chi connectivity index (χ3n) is 8.99. The highest BCUT2D eigenvalue weighted by Crippen LogP contribution is 2.21. The molecule has 0 fully saturated rings. The third-order valence-corrected chi connectivity index (χ3v) is 8.99. The summed E-state index contributed by atoms with van der Waals surface area (Å²) in [5.41, 5.74) is 0. The highest BCUT2D eigenvalue weighted by molar-refractivity contribution is 4.58. The molecule has 0 spiro atoms. The minimum absolute atomic E-state index is 0.964. The molecule has 0 N–H and O–H groups in total. The Hall–Kier alpha value is 0. The molecule has 0 aliphatic rings. The Morgan fingerprint density at radius 3 is 0.595 bits per heavy atom. The largest absolute Gasteiger partial charge is 0.0654 e. The first-order valence-electron chi connectivity index (χ1n) is 18.2. The van der Waals surface area contributed by atoms with Gasteiger partial charge in [-0.3, -0.25) is 0 Å². The average Bonchev–Trinajstić information content (AvgIpc) is 2.89. The Kier molecular flexibility index (Phi) is 32.2. The van der Waals surface area contributed by atoms with Gasteiger partial charge in [0.1, 0.15) is 0 Å². The summed E-state index contributed by atoms with van der Waals surface area (Å²) >= 11 is 0. The lowest BCUT2D eigenvalue weighted by Gasteiger charge is -2.12. The highest BCUT2D eigenvalue weighted by Gasteiger charge is 2.04. The second-order valence-electron chi connectivity index (χ2n) is 13.2. The monoisotopic (exact) mass is 521 g/mol. The molecule has 0 heteroatoms. The summed E-state index contributed by atoms with van der Waals surface area (Å²) in [7, 11) is 0. The van der Waals surface area contributed by atoms with E-state index in [0.717, 1.165) is 11.8 Å². The van der Waals surface area contributed by atoms with Crippen molar-refractivity contribution in [2.45, 2.75) is 227 Å². The molecule has 0 bridgehead atoms. The van der Waals surface area contributed by atoms with Gasteiger partial charge >= 0.3 is 0 Å². The molecule has 0 aromatic rings. The second-order valence-corrected chi connectivity index (χ2v) is 13.2. The van der Waals surface area contributed by atoms with Crippen LogP contribution in [0, 0.1) is 11.8 Å². The summed E-state index contributed by atoms with van der Waals surface area (Å²) in [6.07, 6.45) is 45.6. The fourth-order valence-corrected chi connectivity index (χ4v) is 6.12. The second kappa shape index (κ2) is 32.2. The molecule has 37 heavy (non-hydrogen) atoms. The van der Waals surface area contributed by atoms with Crippen molar-refractivity contribution >= 4 is 0 Å². The summed E-state index contributed by atoms with van der Waals surface area (Å²) in [6, 6.07) is 0. The van der Waals surface area contributed by atoms with Gasteiger partial charge in [-0.1, -0.05) is 227 Å². The molecule has 0 radical (unpaired) electrons. The molecule has 2 atom stereocenters. The van der Waals surface area contributed by atoms with Crippen LogP contribution in [-0.4, -0.2) is 0 Å². The number of rotatable bonds is 32. The Morgan fingerprint density at radius 1 is 0.243 bits per heavy atom. The van der Waals surface area contributed by atoms with Crippen LogP contribution in [0.25, 0.3) is 0 Å². The van der Waals surface area contributed by atoms with Crippen LogP contribution in [0.2, 0.25) is 0 Å². The fourth-order valence-electron chi connectivity index (χ4n) is 6.12. The smallest absolute Gasteiger partial charge is 0.0443 e. The Labute approximate surface area is 238 Å². The van der Waals surface area contributed by atoms with Gasteiger partial charge in [0, 0.05) is 0 Å². The van der Waals surface area contributed by atoms with Crippen molar-refractivity contribution < 1.29 is 0 Å². The molecule has 0 nitrogen and oxygen atoms in total. The minimum atomic E-state index is 0.964. The van der Waals surface area contributed by atoms with Crippen LogP contribution in [0.5, 0.6) is 0 Å². The zero-order chi connectivity index (χ0) is 27.1. The predicted molar refractivity (Wildman–Crippen MR) is 173 cm³/mol. The lowest BCUT2D eigenvalue weighted by atomic mass is 9.95. The maximum absolute atomic E-state index is 2.51. The molecular weight excluding hydrogens is 444 g/mol. The van der Waals surface area contributed by atoms with Gasteiger partial charge in [0.2, 0.25) is 0 Å². The molecule has 0 aliphatic carbocycles. The van der Waals surface area contributed by atoms with E-state index >= 15 is 0 Å². The quantitative estimate of drug-likeness (QED) is 0.0773. The minimum Gasteiger partial charge on any atom is -0.0654 e. The predicted octanol–water partition coefficient (Wildman–Crippen LogP) is 14.4. The normalized spacial score (nSPS) is 13.3. The van der Waals surface area contributed by atoms with Gasteiger partial charge in [-0.05, 0) is 11.8 Å². The van der Waals surface area contributed by atoms with Crippen molar-refractivity contribution in [2.75, 3.05) is 0 Å². The van der Waals surface area contributed by atoms with E-state index in [2.05, 4.69) is 27.7 Å². The fraction of sp³-hybridized carbons (Fsp3) is 1.00. The molecule has 0 rings (SSSR count). The number of hydrogen-bond donors (Lipinski definition) is 0. The SMILES string of the molecule is CCCCCCCCCCCCC[C@H](C)CCCCCCCCC[C@@H](C)CCCCCCCCCCC. The summed E-state index contributed by atoms with van der Waals surface area (Å²) in [4.78, 5) is 0. The van der Waals surface area contributed by atoms with E-state index in [1.54, 1.807) is 0 Å². The van der Waals surface area contributed by atoms with Gasteiger partial charge in [0.15, 0.2) is 0 Å². The molecule has 0 aliphatic heterocycles.